The molecule has 0 saturated heterocycles. The number of hydrogen-bond acceptors (Lipinski definition) is 3. The zero-order valence-electron chi connectivity index (χ0n) is 8.79. The second-order valence-corrected chi connectivity index (χ2v) is 4.74. The Morgan fingerprint density at radius 3 is 2.06 bits per heavy atom. The summed E-state index contributed by atoms with van der Waals surface area (Å²) in [5.41, 5.74) is 0.152. The summed E-state index contributed by atoms with van der Waals surface area (Å²) in [6.45, 7) is 0. The van der Waals surface area contributed by atoms with Gasteiger partial charge >= 0.3 is 0 Å². The molecule has 0 amide bonds. The van der Waals surface area contributed by atoms with E-state index >= 15 is 0 Å². The molecule has 1 nitrogen and oxygen atoms in total. The summed E-state index contributed by atoms with van der Waals surface area (Å²) < 4.78 is 26.6. The van der Waals surface area contributed by atoms with Crippen LogP contribution in [0, 0.1) is 5.82 Å². The van der Waals surface area contributed by atoms with Crippen LogP contribution in [-0.2, 0) is 0 Å². The molecule has 0 heterocycles. The highest BCUT2D eigenvalue weighted by atomic mass is 32.2. The van der Waals surface area contributed by atoms with Crippen molar-refractivity contribution in [2.45, 2.75) is 0 Å². The summed E-state index contributed by atoms with van der Waals surface area (Å²) in [6.07, 6.45) is 3.40. The fraction of sp³-hybridized carbons (Fsp3) is 0.182. The topological polar surface area (TPSA) is 17.1 Å². The normalized spacial score (nSPS) is 10.0. The first-order valence-electron chi connectivity index (χ1n) is 4.38. The van der Waals surface area contributed by atoms with Crippen molar-refractivity contribution in [2.24, 2.45) is 0 Å². The molecule has 0 aromatic heterocycles. The van der Waals surface area contributed by atoms with E-state index in [1.807, 2.05) is 0 Å². The smallest absolute Gasteiger partial charge is 0.223 e. The molecule has 0 aliphatic carbocycles. The summed E-state index contributed by atoms with van der Waals surface area (Å²) in [7, 11) is 0. The summed E-state index contributed by atoms with van der Waals surface area (Å²) in [5, 5.41) is 0. The van der Waals surface area contributed by atoms with E-state index in [1.165, 1.54) is 35.7 Å². The maximum Gasteiger partial charge on any atom is 0.223 e. The molecular formula is C11H10F2OS2. The van der Waals surface area contributed by atoms with E-state index in [2.05, 4.69) is 0 Å². The SMILES string of the molecule is CSC(SC)=C(F)C(=O)c1ccc(F)cc1. The molecule has 0 saturated carbocycles. The molecular weight excluding hydrogens is 250 g/mol. The quantitative estimate of drug-likeness (QED) is 0.604. The Hall–Kier alpha value is -0.810. The van der Waals surface area contributed by atoms with Crippen LogP contribution in [0.5, 0.6) is 0 Å². The van der Waals surface area contributed by atoms with Crippen LogP contribution in [0.4, 0.5) is 8.78 Å². The van der Waals surface area contributed by atoms with Crippen molar-refractivity contribution in [2.75, 3.05) is 12.5 Å². The number of rotatable bonds is 4. The standard InChI is InChI=1S/C11H10F2OS2/c1-15-11(16-2)9(13)10(14)7-3-5-8(12)6-4-7/h3-6H,1-2H3. The highest BCUT2D eigenvalue weighted by Crippen LogP contribution is 2.29. The summed E-state index contributed by atoms with van der Waals surface area (Å²) in [6, 6.07) is 4.82. The van der Waals surface area contributed by atoms with Gasteiger partial charge in [-0.15, -0.1) is 23.5 Å². The molecule has 0 aliphatic heterocycles. The Morgan fingerprint density at radius 2 is 1.62 bits per heavy atom. The number of carbonyl (C=O) groups excluding carboxylic acids is 1. The lowest BCUT2D eigenvalue weighted by molar-refractivity contribution is 0.100. The lowest BCUT2D eigenvalue weighted by atomic mass is 10.1. The Bertz CT molecular complexity index is 406. The van der Waals surface area contributed by atoms with E-state index in [0.29, 0.717) is 4.24 Å². The Kier molecular flexibility index (Phi) is 5.02. The van der Waals surface area contributed by atoms with Gasteiger partial charge in [0.25, 0.3) is 0 Å². The number of halogens is 2. The van der Waals surface area contributed by atoms with Gasteiger partial charge in [0.1, 0.15) is 5.82 Å². The lowest BCUT2D eigenvalue weighted by Gasteiger charge is -2.03. The molecule has 0 aliphatic rings. The lowest BCUT2D eigenvalue weighted by Crippen LogP contribution is -2.01. The van der Waals surface area contributed by atoms with Gasteiger partial charge in [-0.1, -0.05) is 0 Å². The van der Waals surface area contributed by atoms with Crippen molar-refractivity contribution in [1.82, 2.24) is 0 Å². The number of benzene rings is 1. The van der Waals surface area contributed by atoms with Gasteiger partial charge in [0, 0.05) is 5.56 Å². The van der Waals surface area contributed by atoms with Gasteiger partial charge in [0.15, 0.2) is 5.83 Å². The van der Waals surface area contributed by atoms with Gasteiger partial charge in [-0.05, 0) is 36.8 Å². The molecule has 0 bridgehead atoms. The van der Waals surface area contributed by atoms with Crippen LogP contribution in [-0.4, -0.2) is 18.3 Å². The third kappa shape index (κ3) is 3.09. The molecule has 16 heavy (non-hydrogen) atoms. The number of thioether (sulfide) groups is 2. The second kappa shape index (κ2) is 6.06. The van der Waals surface area contributed by atoms with Crippen molar-refractivity contribution in [3.63, 3.8) is 0 Å². The fourth-order valence-corrected chi connectivity index (χ4v) is 2.29. The zero-order valence-corrected chi connectivity index (χ0v) is 10.4. The van der Waals surface area contributed by atoms with Crippen LogP contribution in [0.3, 0.4) is 0 Å². The molecule has 0 atom stereocenters. The minimum absolute atomic E-state index is 0.152. The van der Waals surface area contributed by atoms with Gasteiger partial charge in [-0.25, -0.2) is 8.78 Å². The average molecular weight is 260 g/mol. The van der Waals surface area contributed by atoms with Crippen LogP contribution in [0.25, 0.3) is 0 Å². The van der Waals surface area contributed by atoms with Crippen LogP contribution in [0.2, 0.25) is 0 Å². The minimum atomic E-state index is -0.786. The number of ketones is 1. The molecule has 1 aromatic carbocycles. The highest BCUT2D eigenvalue weighted by Gasteiger charge is 2.16. The largest absolute Gasteiger partial charge is 0.286 e. The molecule has 0 unspecified atom stereocenters. The summed E-state index contributed by atoms with van der Waals surface area (Å²) in [5.74, 6) is -1.94. The van der Waals surface area contributed by atoms with Crippen molar-refractivity contribution < 1.29 is 13.6 Å². The van der Waals surface area contributed by atoms with Crippen LogP contribution >= 0.6 is 23.5 Å². The monoisotopic (exact) mass is 260 g/mol. The summed E-state index contributed by atoms with van der Waals surface area (Å²) in [4.78, 5) is 11.6. The predicted octanol–water partition coefficient (Wildman–Crippen LogP) is 3.87. The Balaban J connectivity index is 3.02. The van der Waals surface area contributed by atoms with Gasteiger partial charge in [-0.3, -0.25) is 4.79 Å². The second-order valence-electron chi connectivity index (χ2n) is 2.85. The first-order valence-corrected chi connectivity index (χ1v) is 6.83. The Morgan fingerprint density at radius 1 is 1.12 bits per heavy atom. The first kappa shape index (κ1) is 13.3. The van der Waals surface area contributed by atoms with E-state index in [1.54, 1.807) is 12.5 Å². The van der Waals surface area contributed by atoms with E-state index < -0.39 is 17.4 Å². The van der Waals surface area contributed by atoms with Crippen molar-refractivity contribution in [1.29, 1.82) is 0 Å². The predicted molar refractivity (Wildman–Crippen MR) is 65.9 cm³/mol. The third-order valence-electron chi connectivity index (χ3n) is 1.86. The van der Waals surface area contributed by atoms with Crippen LogP contribution in [0.15, 0.2) is 34.3 Å². The number of hydrogen-bond donors (Lipinski definition) is 0. The molecule has 1 rings (SSSR count). The average Bonchev–Trinajstić information content (AvgIpc) is 2.30. The van der Waals surface area contributed by atoms with E-state index in [0.717, 1.165) is 12.1 Å². The molecule has 0 radical (unpaired) electrons. The number of Topliss-reactive ketones (excluding diaryl/α,β-unsaturated/α-hetero) is 1. The van der Waals surface area contributed by atoms with Gasteiger partial charge in [-0.2, -0.15) is 0 Å². The van der Waals surface area contributed by atoms with Crippen molar-refractivity contribution >= 4 is 29.3 Å². The highest BCUT2D eigenvalue weighted by molar-refractivity contribution is 8.21. The van der Waals surface area contributed by atoms with E-state index in [4.69, 9.17) is 0 Å². The molecule has 86 valence electrons. The number of allylic oxidation sites excluding steroid dienone is 1. The molecule has 0 N–H and O–H groups in total. The summed E-state index contributed by atoms with van der Waals surface area (Å²) >= 11 is 2.35. The van der Waals surface area contributed by atoms with Crippen LogP contribution in [0.1, 0.15) is 10.4 Å². The van der Waals surface area contributed by atoms with Crippen LogP contribution < -0.4 is 0 Å². The van der Waals surface area contributed by atoms with Gasteiger partial charge in [0.05, 0.1) is 4.24 Å². The van der Waals surface area contributed by atoms with Crippen molar-refractivity contribution in [3.8, 4) is 0 Å². The minimum Gasteiger partial charge on any atom is -0.286 e. The molecule has 5 heteroatoms. The molecule has 1 aromatic rings. The van der Waals surface area contributed by atoms with Crippen molar-refractivity contribution in [3.05, 3.63) is 45.7 Å². The third-order valence-corrected chi connectivity index (χ3v) is 3.96. The Labute approximate surface area is 101 Å². The molecule has 0 spiro atoms. The molecule has 0 fully saturated rings. The fourth-order valence-electron chi connectivity index (χ4n) is 1.08. The first-order chi connectivity index (χ1) is 7.60. The number of carbonyl (C=O) groups is 1. The van der Waals surface area contributed by atoms with Gasteiger partial charge in [0.2, 0.25) is 5.78 Å². The zero-order chi connectivity index (χ0) is 12.1. The maximum atomic E-state index is 13.6. The van der Waals surface area contributed by atoms with E-state index in [-0.39, 0.29) is 5.56 Å². The van der Waals surface area contributed by atoms with E-state index in [9.17, 15) is 13.6 Å². The maximum absolute atomic E-state index is 13.6. The van der Waals surface area contributed by atoms with Gasteiger partial charge < -0.3 is 0 Å².